The van der Waals surface area contributed by atoms with Crippen LogP contribution in [-0.4, -0.2) is 94.9 Å². The van der Waals surface area contributed by atoms with Crippen molar-refractivity contribution in [2.45, 2.75) is 57.1 Å². The highest BCUT2D eigenvalue weighted by Gasteiger charge is 2.37. The number of esters is 1. The first kappa shape index (κ1) is 42.7. The molecule has 6 N–H and O–H groups in total. The molecule has 0 saturated carbocycles. The van der Waals surface area contributed by atoms with Crippen LogP contribution in [0.3, 0.4) is 0 Å². The molecule has 0 aliphatic carbocycles. The number of benzene rings is 2. The van der Waals surface area contributed by atoms with Crippen molar-refractivity contribution in [3.63, 3.8) is 0 Å². The molecule has 0 spiro atoms. The quantitative estimate of drug-likeness (QED) is 0.0739. The Morgan fingerprint density at radius 3 is 2.30 bits per heavy atom. The number of aliphatic hydroxyl groups is 1. The van der Waals surface area contributed by atoms with Crippen LogP contribution in [0.15, 0.2) is 60.8 Å². The van der Waals surface area contributed by atoms with Gasteiger partial charge in [-0.25, -0.2) is 8.78 Å². The van der Waals surface area contributed by atoms with E-state index in [1.165, 1.54) is 12.0 Å². The number of carbonyl (C=O) groups excluding carboxylic acids is 5. The average Bonchev–Trinajstić information content (AvgIpc) is 3.52. The van der Waals surface area contributed by atoms with Crippen LogP contribution in [0.25, 0.3) is 11.1 Å². The molecular formula is C37H47BrF2N6O7. The predicted octanol–water partition coefficient (Wildman–Crippen LogP) is 2.78. The number of hydrogen-bond donors (Lipinski definition) is 5. The van der Waals surface area contributed by atoms with Crippen molar-refractivity contribution in [3.8, 4) is 11.1 Å². The second kappa shape index (κ2) is 20.0. The van der Waals surface area contributed by atoms with Crippen LogP contribution in [0, 0.1) is 17.0 Å². The summed E-state index contributed by atoms with van der Waals surface area (Å²) < 4.78 is 35.7. The fourth-order valence-electron chi connectivity index (χ4n) is 5.72. The van der Waals surface area contributed by atoms with E-state index in [-0.39, 0.29) is 44.6 Å². The lowest BCUT2D eigenvalue weighted by atomic mass is 9.82. The summed E-state index contributed by atoms with van der Waals surface area (Å²) in [6.07, 6.45) is 1.49. The summed E-state index contributed by atoms with van der Waals surface area (Å²) in [7, 11) is 1.19. The number of halogens is 3. The molecule has 0 aliphatic heterocycles. The Balaban J connectivity index is 1.71. The molecule has 53 heavy (non-hydrogen) atoms. The lowest BCUT2D eigenvalue weighted by Gasteiger charge is -2.41. The summed E-state index contributed by atoms with van der Waals surface area (Å²) in [5.41, 5.74) is 7.54. The molecule has 0 saturated heterocycles. The number of nitrogens with two attached hydrogens (primary N) is 1. The zero-order chi connectivity index (χ0) is 39.3. The summed E-state index contributed by atoms with van der Waals surface area (Å²) in [5.74, 6) is -4.07. The Morgan fingerprint density at radius 2 is 1.66 bits per heavy atom. The number of aliphatic hydroxyl groups excluding tert-OH is 1. The molecule has 16 heteroatoms. The van der Waals surface area contributed by atoms with Gasteiger partial charge in [-0.2, -0.15) is 0 Å². The largest absolute Gasteiger partial charge is 0.468 e. The average molecular weight is 806 g/mol. The van der Waals surface area contributed by atoms with Gasteiger partial charge in [-0.15, -0.1) is 0 Å². The number of rotatable bonds is 18. The molecule has 4 amide bonds. The minimum Gasteiger partial charge on any atom is -0.468 e. The first-order valence-electron chi connectivity index (χ1n) is 16.9. The monoisotopic (exact) mass is 804 g/mol. The van der Waals surface area contributed by atoms with Gasteiger partial charge >= 0.3 is 5.97 Å². The Bertz CT molecular complexity index is 1730. The predicted molar refractivity (Wildman–Crippen MR) is 197 cm³/mol. The maximum absolute atomic E-state index is 15.0. The normalized spacial score (nSPS) is 13.0. The first-order valence-corrected chi connectivity index (χ1v) is 17.9. The van der Waals surface area contributed by atoms with Crippen LogP contribution in [0.2, 0.25) is 0 Å². The smallest absolute Gasteiger partial charge is 0.319 e. The fourth-order valence-corrected chi connectivity index (χ4v) is 6.20. The van der Waals surface area contributed by atoms with Gasteiger partial charge in [0, 0.05) is 55.6 Å². The van der Waals surface area contributed by atoms with Crippen LogP contribution in [0.4, 0.5) is 8.78 Å². The highest BCUT2D eigenvalue weighted by atomic mass is 79.9. The summed E-state index contributed by atoms with van der Waals surface area (Å²) in [6, 6.07) is 12.6. The summed E-state index contributed by atoms with van der Waals surface area (Å²) in [4.78, 5) is 62.3. The fraction of sp³-hybridized carbons (Fsp3) is 0.432. The van der Waals surface area contributed by atoms with Gasteiger partial charge in [-0.3, -0.25) is 24.0 Å². The van der Waals surface area contributed by atoms with Gasteiger partial charge in [-0.1, -0.05) is 67.0 Å². The molecule has 2 unspecified atom stereocenters. The van der Waals surface area contributed by atoms with Crippen molar-refractivity contribution in [2.24, 2.45) is 11.1 Å². The third kappa shape index (κ3) is 12.8. The molecule has 0 fully saturated rings. The third-order valence-corrected chi connectivity index (χ3v) is 8.96. The lowest BCUT2D eigenvalue weighted by molar-refractivity contribution is -0.141. The number of alkyl halides is 1. The molecule has 1 heterocycles. The Labute approximate surface area is 315 Å². The summed E-state index contributed by atoms with van der Waals surface area (Å²) in [6.45, 7) is 4.93. The van der Waals surface area contributed by atoms with E-state index in [0.717, 1.165) is 23.8 Å². The zero-order valence-corrected chi connectivity index (χ0v) is 31.8. The summed E-state index contributed by atoms with van der Waals surface area (Å²) in [5, 5.41) is 17.6. The van der Waals surface area contributed by atoms with Crippen LogP contribution >= 0.6 is 15.9 Å². The van der Waals surface area contributed by atoms with E-state index >= 15 is 0 Å². The molecule has 1 aromatic heterocycles. The Hall–Kier alpha value is -4.67. The SMILES string of the molecule is COC(=O)C(Br)CC(=O)NCC(=O)NCCNC(=O)[C@@H](N)CCN(C(=O)CO)C(c1cc(-c2cc(F)ccc2F)cn1Cc1ccccc1)C(C)(C)C. The van der Waals surface area contributed by atoms with Crippen LogP contribution in [0.1, 0.15) is 50.9 Å². The molecule has 3 rings (SSSR count). The number of ether oxygens (including phenoxy) is 1. The molecule has 3 atom stereocenters. The highest BCUT2D eigenvalue weighted by molar-refractivity contribution is 9.10. The number of amides is 4. The lowest BCUT2D eigenvalue weighted by Crippen LogP contribution is -2.48. The van der Waals surface area contributed by atoms with E-state index < -0.39 is 70.2 Å². The van der Waals surface area contributed by atoms with Crippen molar-refractivity contribution in [1.82, 2.24) is 25.4 Å². The number of carbonyl (C=O) groups is 5. The van der Waals surface area contributed by atoms with E-state index in [1.54, 1.807) is 12.3 Å². The van der Waals surface area contributed by atoms with Crippen molar-refractivity contribution in [3.05, 3.63) is 83.7 Å². The van der Waals surface area contributed by atoms with Gasteiger partial charge < -0.3 is 41.0 Å². The third-order valence-electron chi connectivity index (χ3n) is 8.26. The number of aromatic nitrogens is 1. The maximum Gasteiger partial charge on any atom is 0.319 e. The number of nitrogens with zero attached hydrogens (tertiary/aromatic N) is 2. The topological polar surface area (TPSA) is 185 Å². The highest BCUT2D eigenvalue weighted by Crippen LogP contribution is 2.41. The van der Waals surface area contributed by atoms with E-state index in [9.17, 15) is 37.9 Å². The Morgan fingerprint density at radius 1 is 0.981 bits per heavy atom. The molecule has 0 radical (unpaired) electrons. The van der Waals surface area contributed by atoms with Crippen molar-refractivity contribution in [1.29, 1.82) is 0 Å². The van der Waals surface area contributed by atoms with Gasteiger partial charge in [0.15, 0.2) is 0 Å². The first-order chi connectivity index (χ1) is 25.0. The van der Waals surface area contributed by atoms with Gasteiger partial charge in [-0.05, 0) is 41.7 Å². The van der Waals surface area contributed by atoms with Crippen LogP contribution < -0.4 is 21.7 Å². The standard InChI is InChI=1S/C37H47BrF2N6O7/c1-37(2,3)34(30-16-24(26-17-25(39)10-11-28(26)40)21-45(30)20-23-8-6-5-7-9-23)46(33(50)22-47)15-12-29(41)35(51)43-14-13-42-32(49)19-44-31(48)18-27(38)36(52)53-4/h5-11,16-17,21,27,29,34,47H,12-15,18-20,22,41H2,1-4H3,(H,42,49)(H,43,51)(H,44,48)/t27?,29-,34?/m0/s1. The van der Waals surface area contributed by atoms with Gasteiger partial charge in [0.25, 0.3) is 0 Å². The number of nitrogens with one attached hydrogen (secondary N) is 3. The van der Waals surface area contributed by atoms with E-state index in [2.05, 4.69) is 36.6 Å². The molecule has 13 nitrogen and oxygen atoms in total. The zero-order valence-electron chi connectivity index (χ0n) is 30.2. The van der Waals surface area contributed by atoms with E-state index in [4.69, 9.17) is 5.73 Å². The molecule has 3 aromatic rings. The maximum atomic E-state index is 15.0. The van der Waals surface area contributed by atoms with Crippen LogP contribution in [0.5, 0.6) is 0 Å². The van der Waals surface area contributed by atoms with Gasteiger partial charge in [0.05, 0.1) is 25.7 Å². The molecule has 2 aromatic carbocycles. The second-order valence-electron chi connectivity index (χ2n) is 13.4. The van der Waals surface area contributed by atoms with E-state index in [1.807, 2.05) is 55.7 Å². The molecule has 288 valence electrons. The van der Waals surface area contributed by atoms with Crippen molar-refractivity contribution < 1.29 is 42.6 Å². The second-order valence-corrected chi connectivity index (χ2v) is 14.5. The van der Waals surface area contributed by atoms with Crippen molar-refractivity contribution >= 4 is 45.5 Å². The summed E-state index contributed by atoms with van der Waals surface area (Å²) >= 11 is 3.03. The molecular weight excluding hydrogens is 758 g/mol. The minimum atomic E-state index is -1.07. The van der Waals surface area contributed by atoms with Gasteiger partial charge in [0.1, 0.15) is 23.1 Å². The number of methoxy groups -OCH3 is 1. The van der Waals surface area contributed by atoms with Crippen LogP contribution in [-0.2, 0) is 35.3 Å². The van der Waals surface area contributed by atoms with E-state index in [0.29, 0.717) is 17.8 Å². The molecule has 0 bridgehead atoms. The van der Waals surface area contributed by atoms with Gasteiger partial charge in [0.2, 0.25) is 23.6 Å². The number of hydrogen-bond acceptors (Lipinski definition) is 8. The Kier molecular flexibility index (Phi) is 16.1. The van der Waals surface area contributed by atoms with Crippen molar-refractivity contribution in [2.75, 3.05) is 39.9 Å². The molecule has 0 aliphatic rings. The minimum absolute atomic E-state index is 0.00740.